The molecule has 2 aromatic carbocycles. The lowest BCUT2D eigenvalue weighted by Gasteiger charge is -2.21. The van der Waals surface area contributed by atoms with Crippen molar-refractivity contribution in [2.75, 3.05) is 19.0 Å². The van der Waals surface area contributed by atoms with Crippen molar-refractivity contribution in [1.82, 2.24) is 20.6 Å². The van der Waals surface area contributed by atoms with Crippen molar-refractivity contribution in [3.05, 3.63) is 48.2 Å². The van der Waals surface area contributed by atoms with E-state index in [1.165, 1.54) is 0 Å². The molecule has 2 unspecified atom stereocenters. The van der Waals surface area contributed by atoms with Gasteiger partial charge in [0.05, 0.1) is 12.6 Å². The molecule has 0 spiro atoms. The van der Waals surface area contributed by atoms with Gasteiger partial charge < -0.3 is 20.7 Å². The third-order valence-electron chi connectivity index (χ3n) is 5.93. The van der Waals surface area contributed by atoms with E-state index < -0.39 is 5.91 Å². The van der Waals surface area contributed by atoms with Crippen molar-refractivity contribution < 1.29 is 14.3 Å². The Morgan fingerprint density at radius 2 is 1.97 bits per heavy atom. The number of aromatic nitrogens is 2. The second-order valence-corrected chi connectivity index (χ2v) is 8.18. The second-order valence-electron chi connectivity index (χ2n) is 8.18. The Morgan fingerprint density at radius 3 is 2.74 bits per heavy atom. The number of ether oxygens (including phenoxy) is 1. The average Bonchev–Trinajstić information content (AvgIpc) is 3.29. The summed E-state index contributed by atoms with van der Waals surface area (Å²) in [5, 5.41) is 9.89. The summed E-state index contributed by atoms with van der Waals surface area (Å²) in [6.07, 6.45) is 9.70. The topological polar surface area (TPSA) is 105 Å². The van der Waals surface area contributed by atoms with Gasteiger partial charge in [-0.05, 0) is 73.6 Å². The molecule has 2 atom stereocenters. The van der Waals surface area contributed by atoms with Crippen molar-refractivity contribution in [2.24, 2.45) is 0 Å². The van der Waals surface area contributed by atoms with Crippen LogP contribution in [0.1, 0.15) is 36.5 Å². The van der Waals surface area contributed by atoms with E-state index in [4.69, 9.17) is 11.2 Å². The van der Waals surface area contributed by atoms with Crippen LogP contribution in [0.4, 0.5) is 5.95 Å². The lowest BCUT2D eigenvalue weighted by molar-refractivity contribution is -0.116. The summed E-state index contributed by atoms with van der Waals surface area (Å²) >= 11 is 0. The van der Waals surface area contributed by atoms with Crippen LogP contribution in [0, 0.1) is 12.3 Å². The first kappa shape index (κ1) is 23.1. The summed E-state index contributed by atoms with van der Waals surface area (Å²) in [6, 6.07) is 11.3. The lowest BCUT2D eigenvalue weighted by Crippen LogP contribution is -2.43. The van der Waals surface area contributed by atoms with Gasteiger partial charge in [-0.2, -0.15) is 0 Å². The van der Waals surface area contributed by atoms with Gasteiger partial charge in [0.15, 0.2) is 0 Å². The number of methoxy groups -OCH3 is 1. The maximum absolute atomic E-state index is 12.4. The highest BCUT2D eigenvalue weighted by molar-refractivity contribution is 5.96. The molecule has 0 bridgehead atoms. The highest BCUT2D eigenvalue weighted by Gasteiger charge is 2.28. The summed E-state index contributed by atoms with van der Waals surface area (Å²) in [6.45, 7) is 2.43. The fraction of sp³-hybridized carbons (Fsp3) is 0.308. The molecule has 1 aliphatic rings. The van der Waals surface area contributed by atoms with Crippen LogP contribution in [0.25, 0.3) is 22.0 Å². The molecule has 3 N–H and O–H groups in total. The van der Waals surface area contributed by atoms with E-state index in [-0.39, 0.29) is 18.0 Å². The smallest absolute Gasteiger partial charge is 0.295 e. The lowest BCUT2D eigenvalue weighted by atomic mass is 10.0. The molecule has 0 aliphatic heterocycles. The zero-order valence-electron chi connectivity index (χ0n) is 19.2. The quantitative estimate of drug-likeness (QED) is 0.471. The number of terminal acetylenes is 1. The van der Waals surface area contributed by atoms with E-state index in [0.717, 1.165) is 41.3 Å². The zero-order chi connectivity index (χ0) is 24.1. The standard InChI is InChI=1S/C26H27N5O3/c1-4-24(32)29-22-7-6-8-23(22)31-26-28-15-19-11-16(9-10-21(19)30-26)17-12-18(25(33)27-5-2)14-20(13-17)34-3/h1,9-15,22-23H,5-8H2,2-3H3,(H,27,33)(H,29,32)(H,28,30,31). The van der Waals surface area contributed by atoms with Crippen LogP contribution < -0.4 is 20.7 Å². The van der Waals surface area contributed by atoms with Crippen LogP contribution in [-0.4, -0.2) is 47.5 Å². The first-order chi connectivity index (χ1) is 16.5. The van der Waals surface area contributed by atoms with E-state index >= 15 is 0 Å². The van der Waals surface area contributed by atoms with Gasteiger partial charge in [-0.3, -0.25) is 9.59 Å². The first-order valence-electron chi connectivity index (χ1n) is 11.3. The van der Waals surface area contributed by atoms with Crippen LogP contribution in [0.3, 0.4) is 0 Å². The fourth-order valence-electron chi connectivity index (χ4n) is 4.24. The summed E-state index contributed by atoms with van der Waals surface area (Å²) in [5.41, 5.74) is 3.11. The number of carbonyl (C=O) groups is 2. The molecule has 2 amide bonds. The third kappa shape index (κ3) is 5.09. The third-order valence-corrected chi connectivity index (χ3v) is 5.93. The number of amides is 2. The van der Waals surface area contributed by atoms with Crippen molar-refractivity contribution in [1.29, 1.82) is 0 Å². The van der Waals surface area contributed by atoms with E-state index in [1.54, 1.807) is 19.4 Å². The average molecular weight is 458 g/mol. The number of fused-ring (bicyclic) bond motifs is 1. The van der Waals surface area contributed by atoms with Gasteiger partial charge in [0.2, 0.25) is 5.95 Å². The number of nitrogens with one attached hydrogen (secondary N) is 3. The predicted octanol–water partition coefficient (Wildman–Crippen LogP) is 3.14. The minimum atomic E-state index is -0.404. The van der Waals surface area contributed by atoms with Gasteiger partial charge in [0.25, 0.3) is 11.8 Å². The van der Waals surface area contributed by atoms with Crippen molar-refractivity contribution >= 4 is 28.7 Å². The number of hydrogen-bond donors (Lipinski definition) is 3. The van der Waals surface area contributed by atoms with Gasteiger partial charge >= 0.3 is 0 Å². The number of anilines is 1. The van der Waals surface area contributed by atoms with Crippen LogP contribution in [0.15, 0.2) is 42.6 Å². The Bertz CT molecular complexity index is 1270. The number of carbonyl (C=O) groups excluding carboxylic acids is 2. The van der Waals surface area contributed by atoms with Crippen molar-refractivity contribution in [3.8, 4) is 29.2 Å². The summed E-state index contributed by atoms with van der Waals surface area (Å²) in [7, 11) is 1.58. The Balaban J connectivity index is 1.57. The molecule has 3 aromatic rings. The number of benzene rings is 2. The van der Waals surface area contributed by atoms with Gasteiger partial charge in [-0.25, -0.2) is 9.97 Å². The fourth-order valence-corrected chi connectivity index (χ4v) is 4.24. The highest BCUT2D eigenvalue weighted by Crippen LogP contribution is 2.29. The molecule has 1 heterocycles. The van der Waals surface area contributed by atoms with Gasteiger partial charge in [0, 0.05) is 35.8 Å². The highest BCUT2D eigenvalue weighted by atomic mass is 16.5. The SMILES string of the molecule is C#CC(=O)NC1CCCC1Nc1ncc2cc(-c3cc(OC)cc(C(=O)NCC)c3)ccc2n1. The van der Waals surface area contributed by atoms with Gasteiger partial charge in [0.1, 0.15) is 5.75 Å². The molecular formula is C26H27N5O3. The molecule has 1 aliphatic carbocycles. The van der Waals surface area contributed by atoms with Crippen LogP contribution in [0.2, 0.25) is 0 Å². The molecule has 4 rings (SSSR count). The molecule has 0 saturated heterocycles. The second kappa shape index (κ2) is 10.2. The summed E-state index contributed by atoms with van der Waals surface area (Å²) in [4.78, 5) is 33.1. The van der Waals surface area contributed by atoms with Crippen molar-refractivity contribution in [2.45, 2.75) is 38.3 Å². The Kier molecular flexibility index (Phi) is 6.93. The van der Waals surface area contributed by atoms with Crippen LogP contribution in [0.5, 0.6) is 5.75 Å². The Labute approximate surface area is 198 Å². The molecule has 8 nitrogen and oxygen atoms in total. The molecule has 8 heteroatoms. The van der Waals surface area contributed by atoms with E-state index in [2.05, 4.69) is 31.8 Å². The summed E-state index contributed by atoms with van der Waals surface area (Å²) < 4.78 is 5.40. The number of rotatable bonds is 7. The molecule has 1 fully saturated rings. The van der Waals surface area contributed by atoms with E-state index in [1.807, 2.05) is 37.3 Å². The zero-order valence-corrected chi connectivity index (χ0v) is 19.2. The molecular weight excluding hydrogens is 430 g/mol. The predicted molar refractivity (Wildman–Crippen MR) is 132 cm³/mol. The van der Waals surface area contributed by atoms with E-state index in [0.29, 0.717) is 23.8 Å². The summed E-state index contributed by atoms with van der Waals surface area (Å²) in [5.74, 6) is 2.67. The molecule has 174 valence electrons. The largest absolute Gasteiger partial charge is 0.497 e. The minimum Gasteiger partial charge on any atom is -0.497 e. The van der Waals surface area contributed by atoms with Gasteiger partial charge in [-0.15, -0.1) is 6.42 Å². The molecule has 1 aromatic heterocycles. The van der Waals surface area contributed by atoms with Gasteiger partial charge in [-0.1, -0.05) is 6.07 Å². The number of hydrogen-bond acceptors (Lipinski definition) is 6. The Morgan fingerprint density at radius 1 is 1.15 bits per heavy atom. The monoisotopic (exact) mass is 457 g/mol. The normalized spacial score (nSPS) is 17.1. The first-order valence-corrected chi connectivity index (χ1v) is 11.3. The molecule has 0 radical (unpaired) electrons. The minimum absolute atomic E-state index is 0.0264. The van der Waals surface area contributed by atoms with Crippen LogP contribution >= 0.6 is 0 Å². The maximum atomic E-state index is 12.4. The maximum Gasteiger partial charge on any atom is 0.295 e. The molecule has 1 saturated carbocycles. The van der Waals surface area contributed by atoms with E-state index in [9.17, 15) is 9.59 Å². The number of nitrogens with zero attached hydrogens (tertiary/aromatic N) is 2. The van der Waals surface area contributed by atoms with Crippen LogP contribution in [-0.2, 0) is 4.79 Å². The molecule has 34 heavy (non-hydrogen) atoms. The van der Waals surface area contributed by atoms with Crippen molar-refractivity contribution in [3.63, 3.8) is 0 Å². The Hall–Kier alpha value is -4.12.